The van der Waals surface area contributed by atoms with Gasteiger partial charge in [-0.2, -0.15) is 5.26 Å². The maximum atomic E-state index is 11.5. The van der Waals surface area contributed by atoms with E-state index in [0.717, 1.165) is 0 Å². The summed E-state index contributed by atoms with van der Waals surface area (Å²) < 4.78 is 5.69. The number of carbonyl (C=O) groups is 1. The lowest BCUT2D eigenvalue weighted by atomic mass is 10.1. The molecule has 0 saturated heterocycles. The number of rotatable bonds is 6. The number of benzene rings is 1. The van der Waals surface area contributed by atoms with Crippen LogP contribution in [0.3, 0.4) is 0 Å². The molecular weight excluding hydrogens is 310 g/mol. The molecule has 0 atom stereocenters. The largest absolute Gasteiger partial charge is 0.492 e. The van der Waals surface area contributed by atoms with E-state index in [1.807, 2.05) is 12.1 Å². The van der Waals surface area contributed by atoms with Gasteiger partial charge < -0.3 is 4.74 Å². The van der Waals surface area contributed by atoms with Gasteiger partial charge in [-0.1, -0.05) is 12.1 Å². The number of aryl methyl sites for hydroxylation is 2. The number of hydrogen-bond acceptors (Lipinski definition) is 6. The van der Waals surface area contributed by atoms with Gasteiger partial charge in [-0.25, -0.2) is 9.97 Å². The number of ketones is 1. The van der Waals surface area contributed by atoms with Crippen LogP contribution in [0.2, 0.25) is 0 Å². The highest BCUT2D eigenvalue weighted by molar-refractivity contribution is 7.99. The summed E-state index contributed by atoms with van der Waals surface area (Å²) in [6, 6.07) is 9.31. The van der Waals surface area contributed by atoms with Gasteiger partial charge in [0.1, 0.15) is 28.2 Å². The average molecular weight is 327 g/mol. The number of Topliss-reactive ketones (excluding diaryl/α,β-unsaturated/α-hetero) is 1. The van der Waals surface area contributed by atoms with Gasteiger partial charge in [-0.3, -0.25) is 4.79 Å². The van der Waals surface area contributed by atoms with Crippen LogP contribution in [0.5, 0.6) is 5.75 Å². The van der Waals surface area contributed by atoms with E-state index >= 15 is 0 Å². The van der Waals surface area contributed by atoms with Crippen LogP contribution in [0, 0.1) is 25.2 Å². The Labute approximate surface area is 139 Å². The van der Waals surface area contributed by atoms with Crippen molar-refractivity contribution in [3.8, 4) is 11.8 Å². The van der Waals surface area contributed by atoms with Gasteiger partial charge in [0.2, 0.25) is 0 Å². The van der Waals surface area contributed by atoms with E-state index in [1.54, 1.807) is 26.0 Å². The highest BCUT2D eigenvalue weighted by atomic mass is 32.2. The van der Waals surface area contributed by atoms with Crippen molar-refractivity contribution in [3.63, 3.8) is 0 Å². The second-order valence-corrected chi connectivity index (χ2v) is 5.98. The van der Waals surface area contributed by atoms with Crippen LogP contribution < -0.4 is 4.74 Å². The van der Waals surface area contributed by atoms with E-state index in [-0.39, 0.29) is 5.78 Å². The van der Waals surface area contributed by atoms with Crippen LogP contribution >= 0.6 is 11.8 Å². The SMILES string of the molecule is CC(=O)c1ccccc1OCCSc1nc(C)nc(C)c1C#N. The molecular formula is C17H17N3O2S. The molecule has 1 heterocycles. The number of ether oxygens (including phenoxy) is 1. The summed E-state index contributed by atoms with van der Waals surface area (Å²) in [5, 5.41) is 9.88. The van der Waals surface area contributed by atoms with E-state index in [1.165, 1.54) is 18.7 Å². The Balaban J connectivity index is 2.00. The van der Waals surface area contributed by atoms with Crippen LogP contribution in [0.15, 0.2) is 29.3 Å². The zero-order valence-electron chi connectivity index (χ0n) is 13.3. The van der Waals surface area contributed by atoms with Crippen molar-refractivity contribution in [1.82, 2.24) is 9.97 Å². The molecule has 0 spiro atoms. The summed E-state index contributed by atoms with van der Waals surface area (Å²) in [7, 11) is 0. The number of para-hydroxylation sites is 1. The Morgan fingerprint density at radius 3 is 2.74 bits per heavy atom. The molecule has 0 saturated carbocycles. The van der Waals surface area contributed by atoms with Crippen molar-refractivity contribution in [1.29, 1.82) is 5.26 Å². The number of nitriles is 1. The second kappa shape index (κ2) is 7.75. The summed E-state index contributed by atoms with van der Waals surface area (Å²) in [6.45, 7) is 5.54. The van der Waals surface area contributed by atoms with Gasteiger partial charge in [0, 0.05) is 5.75 Å². The Morgan fingerprint density at radius 1 is 1.30 bits per heavy atom. The zero-order valence-corrected chi connectivity index (χ0v) is 14.1. The zero-order chi connectivity index (χ0) is 16.8. The third kappa shape index (κ3) is 4.30. The summed E-state index contributed by atoms with van der Waals surface area (Å²) >= 11 is 1.45. The first-order chi connectivity index (χ1) is 11.0. The lowest BCUT2D eigenvalue weighted by Crippen LogP contribution is -2.06. The van der Waals surface area contributed by atoms with Crippen LogP contribution in [-0.2, 0) is 0 Å². The summed E-state index contributed by atoms with van der Waals surface area (Å²) in [4.78, 5) is 20.1. The maximum absolute atomic E-state index is 11.5. The lowest BCUT2D eigenvalue weighted by Gasteiger charge is -2.10. The summed E-state index contributed by atoms with van der Waals surface area (Å²) in [5.41, 5.74) is 1.76. The van der Waals surface area contributed by atoms with Gasteiger partial charge >= 0.3 is 0 Å². The molecule has 23 heavy (non-hydrogen) atoms. The third-order valence-electron chi connectivity index (χ3n) is 3.13. The summed E-state index contributed by atoms with van der Waals surface area (Å²) in [6.07, 6.45) is 0. The topological polar surface area (TPSA) is 75.9 Å². The smallest absolute Gasteiger partial charge is 0.163 e. The molecule has 6 heteroatoms. The minimum absolute atomic E-state index is 0.0259. The maximum Gasteiger partial charge on any atom is 0.163 e. The first-order valence-corrected chi connectivity index (χ1v) is 8.12. The molecule has 0 N–H and O–H groups in total. The number of hydrogen-bond donors (Lipinski definition) is 0. The molecule has 1 aromatic carbocycles. The van der Waals surface area contributed by atoms with E-state index < -0.39 is 0 Å². The van der Waals surface area contributed by atoms with Crippen molar-refractivity contribution in [2.75, 3.05) is 12.4 Å². The fourth-order valence-electron chi connectivity index (χ4n) is 2.09. The normalized spacial score (nSPS) is 10.2. The second-order valence-electron chi connectivity index (χ2n) is 4.90. The number of carbonyl (C=O) groups excluding carboxylic acids is 1. The highest BCUT2D eigenvalue weighted by Crippen LogP contribution is 2.23. The molecule has 0 fully saturated rings. The third-order valence-corrected chi connectivity index (χ3v) is 4.07. The van der Waals surface area contributed by atoms with Gasteiger partial charge in [0.05, 0.1) is 17.9 Å². The van der Waals surface area contributed by atoms with Gasteiger partial charge in [0.25, 0.3) is 0 Å². The first kappa shape index (κ1) is 17.0. The molecule has 0 bridgehead atoms. The molecule has 5 nitrogen and oxygen atoms in total. The van der Waals surface area contributed by atoms with Crippen LogP contribution in [0.25, 0.3) is 0 Å². The van der Waals surface area contributed by atoms with Crippen LogP contribution in [0.1, 0.15) is 34.4 Å². The molecule has 0 unspecified atom stereocenters. The van der Waals surface area contributed by atoms with E-state index in [2.05, 4.69) is 16.0 Å². The monoisotopic (exact) mass is 327 g/mol. The van der Waals surface area contributed by atoms with E-state index in [4.69, 9.17) is 4.74 Å². The average Bonchev–Trinajstić information content (AvgIpc) is 2.51. The van der Waals surface area contributed by atoms with Crippen LogP contribution in [-0.4, -0.2) is 28.1 Å². The number of aromatic nitrogens is 2. The van der Waals surface area contributed by atoms with Gasteiger partial charge in [-0.05, 0) is 32.9 Å². The first-order valence-electron chi connectivity index (χ1n) is 7.14. The fraction of sp³-hybridized carbons (Fsp3) is 0.294. The Hall–Kier alpha value is -2.39. The fourth-order valence-corrected chi connectivity index (χ4v) is 2.98. The highest BCUT2D eigenvalue weighted by Gasteiger charge is 2.11. The Bertz CT molecular complexity index is 769. The van der Waals surface area contributed by atoms with Crippen molar-refractivity contribution in [2.24, 2.45) is 0 Å². The molecule has 2 aromatic rings. The molecule has 1 aromatic heterocycles. The standard InChI is InChI=1S/C17H17N3O2S/c1-11-15(10-18)17(20-13(3)19-11)23-9-8-22-16-7-5-4-6-14(16)12(2)21/h4-7H,8-9H2,1-3H3. The number of nitrogens with zero attached hydrogens (tertiary/aromatic N) is 3. The van der Waals surface area contributed by atoms with Crippen molar-refractivity contribution in [3.05, 3.63) is 46.9 Å². The van der Waals surface area contributed by atoms with Crippen molar-refractivity contribution >= 4 is 17.5 Å². The molecule has 118 valence electrons. The van der Waals surface area contributed by atoms with Gasteiger partial charge in [0.15, 0.2) is 5.78 Å². The molecule has 0 radical (unpaired) electrons. The Kier molecular flexibility index (Phi) is 5.72. The van der Waals surface area contributed by atoms with Crippen molar-refractivity contribution < 1.29 is 9.53 Å². The predicted octanol–water partition coefficient (Wildman–Crippen LogP) is 3.34. The minimum Gasteiger partial charge on any atom is -0.492 e. The molecule has 0 aliphatic carbocycles. The lowest BCUT2D eigenvalue weighted by molar-refractivity contribution is 0.101. The van der Waals surface area contributed by atoms with E-state index in [0.29, 0.717) is 45.8 Å². The minimum atomic E-state index is -0.0259. The van der Waals surface area contributed by atoms with Gasteiger partial charge in [-0.15, -0.1) is 11.8 Å². The quantitative estimate of drug-likeness (QED) is 0.350. The predicted molar refractivity (Wildman–Crippen MR) is 88.9 cm³/mol. The Morgan fingerprint density at radius 2 is 2.04 bits per heavy atom. The van der Waals surface area contributed by atoms with E-state index in [9.17, 15) is 10.1 Å². The summed E-state index contributed by atoms with van der Waals surface area (Å²) in [5.74, 6) is 1.82. The van der Waals surface area contributed by atoms with Crippen LogP contribution in [0.4, 0.5) is 0 Å². The number of thioether (sulfide) groups is 1. The molecule has 0 aliphatic heterocycles. The molecule has 0 amide bonds. The van der Waals surface area contributed by atoms with Crippen molar-refractivity contribution in [2.45, 2.75) is 25.8 Å². The molecule has 2 rings (SSSR count). The molecule has 0 aliphatic rings.